The molecule has 0 aromatic heterocycles. The molecule has 19 heavy (non-hydrogen) atoms. The van der Waals surface area contributed by atoms with Gasteiger partial charge in [0, 0.05) is 13.7 Å². The van der Waals surface area contributed by atoms with Gasteiger partial charge in [0.15, 0.2) is 0 Å². The lowest BCUT2D eigenvalue weighted by molar-refractivity contribution is 0.102. The topological polar surface area (TPSA) is 29.1 Å². The molecule has 1 N–H and O–H groups in total. The van der Waals surface area contributed by atoms with Gasteiger partial charge in [0.05, 0.1) is 5.56 Å². The lowest BCUT2D eigenvalue weighted by Gasteiger charge is -2.10. The molecule has 0 heterocycles. The van der Waals surface area contributed by atoms with E-state index in [1.807, 2.05) is 12.1 Å². The molecule has 0 aliphatic rings. The zero-order valence-corrected chi connectivity index (χ0v) is 13.7. The summed E-state index contributed by atoms with van der Waals surface area (Å²) >= 11 is 5.50. The molecule has 0 aliphatic carbocycles. The first-order chi connectivity index (χ1) is 8.97. The highest BCUT2D eigenvalue weighted by Crippen LogP contribution is 2.22. The summed E-state index contributed by atoms with van der Waals surface area (Å²) in [6, 6.07) is 9.80. The molecule has 1 amide bonds. The van der Waals surface area contributed by atoms with Gasteiger partial charge in [-0.25, -0.2) is 4.39 Å². The number of nitrogens with one attached hydrogen (secondary N) is 1. The van der Waals surface area contributed by atoms with E-state index in [4.69, 9.17) is 0 Å². The number of aryl methyl sites for hydroxylation is 1. The third kappa shape index (κ3) is 3.54. The highest BCUT2D eigenvalue weighted by molar-refractivity contribution is 14.1. The second kappa shape index (κ2) is 6.00. The van der Waals surface area contributed by atoms with Crippen molar-refractivity contribution in [3.63, 3.8) is 0 Å². The van der Waals surface area contributed by atoms with Crippen LogP contribution in [0.2, 0.25) is 0 Å². The van der Waals surface area contributed by atoms with Gasteiger partial charge in [-0.15, -0.1) is 0 Å². The van der Waals surface area contributed by atoms with Crippen LogP contribution in [-0.2, 0) is 0 Å². The molecule has 0 spiro atoms. The zero-order valence-electron chi connectivity index (χ0n) is 10.0. The minimum atomic E-state index is -0.314. The second-order valence-corrected chi connectivity index (χ2v) is 6.14. The largest absolute Gasteiger partial charge is 0.322 e. The number of amides is 1. The summed E-state index contributed by atoms with van der Waals surface area (Å²) in [6.45, 7) is 1.75. The average molecular weight is 434 g/mol. The molecule has 2 rings (SSSR count). The van der Waals surface area contributed by atoms with E-state index in [1.54, 1.807) is 19.1 Å². The molecule has 0 unspecified atom stereocenters. The van der Waals surface area contributed by atoms with Gasteiger partial charge < -0.3 is 5.32 Å². The second-order valence-electron chi connectivity index (χ2n) is 4.04. The number of hydrogen-bond donors (Lipinski definition) is 1. The maximum atomic E-state index is 13.0. The first-order valence-corrected chi connectivity index (χ1v) is 7.37. The normalized spacial score (nSPS) is 10.3. The number of benzene rings is 2. The molecule has 0 atom stereocenters. The number of rotatable bonds is 2. The van der Waals surface area contributed by atoms with Gasteiger partial charge in [0.25, 0.3) is 5.91 Å². The Morgan fingerprint density at radius 3 is 2.68 bits per heavy atom. The molecule has 2 aromatic rings. The Morgan fingerprint density at radius 1 is 1.26 bits per heavy atom. The van der Waals surface area contributed by atoms with E-state index in [0.29, 0.717) is 16.8 Å². The molecule has 2 aromatic carbocycles. The van der Waals surface area contributed by atoms with E-state index in [0.717, 1.165) is 8.04 Å². The van der Waals surface area contributed by atoms with Crippen LogP contribution in [0.1, 0.15) is 15.9 Å². The van der Waals surface area contributed by atoms with Gasteiger partial charge >= 0.3 is 0 Å². The molecule has 0 aliphatic heterocycles. The van der Waals surface area contributed by atoms with E-state index >= 15 is 0 Å². The molecule has 98 valence electrons. The summed E-state index contributed by atoms with van der Waals surface area (Å²) in [6.07, 6.45) is 0. The van der Waals surface area contributed by atoms with Crippen molar-refractivity contribution in [2.24, 2.45) is 0 Å². The van der Waals surface area contributed by atoms with Crippen molar-refractivity contribution in [1.82, 2.24) is 0 Å². The standard InChI is InChI=1S/C14H10BrFINO/c1-8-6-9(16)2-5-13(8)18-14(19)11-7-10(17)3-4-12(11)15/h2-7H,1H3,(H,18,19). The van der Waals surface area contributed by atoms with Crippen LogP contribution in [0.25, 0.3) is 0 Å². The van der Waals surface area contributed by atoms with Gasteiger partial charge in [-0.1, -0.05) is 0 Å². The number of carbonyl (C=O) groups excluding carboxylic acids is 1. The molecular formula is C14H10BrFINO. The van der Waals surface area contributed by atoms with Crippen LogP contribution in [0.5, 0.6) is 0 Å². The van der Waals surface area contributed by atoms with Crippen molar-refractivity contribution in [3.05, 3.63) is 61.4 Å². The predicted octanol–water partition coefficient (Wildman–Crippen LogP) is 4.75. The van der Waals surface area contributed by atoms with Crippen LogP contribution in [0, 0.1) is 16.3 Å². The summed E-state index contributed by atoms with van der Waals surface area (Å²) in [5, 5.41) is 2.78. The fraction of sp³-hybridized carbons (Fsp3) is 0.0714. The minimum Gasteiger partial charge on any atom is -0.322 e. The Hall–Kier alpha value is -0.950. The van der Waals surface area contributed by atoms with Crippen molar-refractivity contribution in [1.29, 1.82) is 0 Å². The summed E-state index contributed by atoms with van der Waals surface area (Å²) in [5.74, 6) is -0.536. The van der Waals surface area contributed by atoms with Crippen LogP contribution in [0.15, 0.2) is 40.9 Å². The van der Waals surface area contributed by atoms with Crippen molar-refractivity contribution < 1.29 is 9.18 Å². The molecular weight excluding hydrogens is 424 g/mol. The monoisotopic (exact) mass is 433 g/mol. The highest BCUT2D eigenvalue weighted by atomic mass is 127. The zero-order chi connectivity index (χ0) is 14.0. The van der Waals surface area contributed by atoms with Crippen LogP contribution in [0.3, 0.4) is 0 Å². The molecule has 2 nitrogen and oxygen atoms in total. The smallest absolute Gasteiger partial charge is 0.256 e. The molecule has 0 fully saturated rings. The van der Waals surface area contributed by atoms with Crippen molar-refractivity contribution >= 4 is 50.1 Å². The lowest BCUT2D eigenvalue weighted by atomic mass is 10.1. The fourth-order valence-electron chi connectivity index (χ4n) is 1.63. The summed E-state index contributed by atoms with van der Waals surface area (Å²) in [4.78, 5) is 12.2. The molecule has 0 bridgehead atoms. The van der Waals surface area contributed by atoms with Crippen LogP contribution in [0.4, 0.5) is 10.1 Å². The SMILES string of the molecule is Cc1cc(F)ccc1NC(=O)c1cc(I)ccc1Br. The Bertz CT molecular complexity index is 645. The third-order valence-corrected chi connectivity index (χ3v) is 3.97. The Morgan fingerprint density at radius 2 is 2.00 bits per heavy atom. The van der Waals surface area contributed by atoms with Crippen LogP contribution in [-0.4, -0.2) is 5.91 Å². The number of halogens is 3. The van der Waals surface area contributed by atoms with E-state index < -0.39 is 0 Å². The third-order valence-electron chi connectivity index (χ3n) is 2.61. The maximum Gasteiger partial charge on any atom is 0.256 e. The maximum absolute atomic E-state index is 13.0. The van der Waals surface area contributed by atoms with Gasteiger partial charge in [-0.05, 0) is 87.4 Å². The average Bonchev–Trinajstić information content (AvgIpc) is 2.35. The first-order valence-electron chi connectivity index (χ1n) is 5.50. The number of anilines is 1. The quantitative estimate of drug-likeness (QED) is 0.680. The number of carbonyl (C=O) groups is 1. The van der Waals surface area contributed by atoms with Crippen molar-refractivity contribution in [2.75, 3.05) is 5.32 Å². The Balaban J connectivity index is 2.28. The van der Waals surface area contributed by atoms with Gasteiger partial charge in [0.2, 0.25) is 0 Å². The molecule has 5 heteroatoms. The lowest BCUT2D eigenvalue weighted by Crippen LogP contribution is -2.13. The fourth-order valence-corrected chi connectivity index (χ4v) is 2.55. The Labute approximate surface area is 132 Å². The summed E-state index contributed by atoms with van der Waals surface area (Å²) in [7, 11) is 0. The van der Waals surface area contributed by atoms with Crippen molar-refractivity contribution in [2.45, 2.75) is 6.92 Å². The van der Waals surface area contributed by atoms with E-state index in [-0.39, 0.29) is 11.7 Å². The summed E-state index contributed by atoms with van der Waals surface area (Å²) in [5.41, 5.74) is 1.85. The van der Waals surface area contributed by atoms with E-state index in [9.17, 15) is 9.18 Å². The minimum absolute atomic E-state index is 0.222. The summed E-state index contributed by atoms with van der Waals surface area (Å²) < 4.78 is 14.7. The van der Waals surface area contributed by atoms with E-state index in [1.165, 1.54) is 12.1 Å². The van der Waals surface area contributed by atoms with Crippen LogP contribution >= 0.6 is 38.5 Å². The van der Waals surface area contributed by atoms with Crippen molar-refractivity contribution in [3.8, 4) is 0 Å². The van der Waals surface area contributed by atoms with E-state index in [2.05, 4.69) is 43.8 Å². The predicted molar refractivity (Wildman–Crippen MR) is 85.9 cm³/mol. The number of hydrogen-bond acceptors (Lipinski definition) is 1. The van der Waals surface area contributed by atoms with Gasteiger partial charge in [-0.2, -0.15) is 0 Å². The van der Waals surface area contributed by atoms with Crippen LogP contribution < -0.4 is 5.32 Å². The highest BCUT2D eigenvalue weighted by Gasteiger charge is 2.12. The first kappa shape index (κ1) is 14.5. The molecule has 0 radical (unpaired) electrons. The Kier molecular flexibility index (Phi) is 4.57. The molecule has 0 saturated heterocycles. The van der Waals surface area contributed by atoms with Gasteiger partial charge in [0.1, 0.15) is 5.82 Å². The van der Waals surface area contributed by atoms with Gasteiger partial charge in [-0.3, -0.25) is 4.79 Å². The molecule has 0 saturated carbocycles.